The van der Waals surface area contributed by atoms with Gasteiger partial charge in [-0.05, 0) is 19.4 Å². The van der Waals surface area contributed by atoms with Crippen LogP contribution < -0.4 is 5.32 Å². The summed E-state index contributed by atoms with van der Waals surface area (Å²) in [6, 6.07) is -0.0403. The van der Waals surface area contributed by atoms with Crippen LogP contribution in [0.25, 0.3) is 0 Å². The second-order valence-corrected chi connectivity index (χ2v) is 4.25. The molecule has 0 fully saturated rings. The average Bonchev–Trinajstić information content (AvgIpc) is 2.83. The maximum absolute atomic E-state index is 5.38. The van der Waals surface area contributed by atoms with Crippen LogP contribution in [0, 0.1) is 0 Å². The lowest BCUT2D eigenvalue weighted by molar-refractivity contribution is -0.126. The van der Waals surface area contributed by atoms with E-state index in [2.05, 4.69) is 28.7 Å². The largest absolute Gasteiger partial charge is 0.354 e. The van der Waals surface area contributed by atoms with Crippen LogP contribution in [0.5, 0.6) is 0 Å². The molecular formula is C13H25N3O2. The first-order chi connectivity index (χ1) is 8.78. The van der Waals surface area contributed by atoms with Crippen molar-refractivity contribution in [3.63, 3.8) is 0 Å². The molecule has 104 valence electrons. The van der Waals surface area contributed by atoms with Gasteiger partial charge in [-0.15, -0.1) is 0 Å². The summed E-state index contributed by atoms with van der Waals surface area (Å²) in [4.78, 5) is 4.45. The topological polar surface area (TPSA) is 48.3 Å². The van der Waals surface area contributed by atoms with Gasteiger partial charge in [-0.2, -0.15) is 0 Å². The quantitative estimate of drug-likeness (QED) is 0.685. The molecule has 0 aliphatic carbocycles. The molecule has 0 spiro atoms. The Morgan fingerprint density at radius 1 is 1.28 bits per heavy atom. The average molecular weight is 255 g/mol. The first-order valence-electron chi connectivity index (χ1n) is 6.58. The first kappa shape index (κ1) is 15.1. The second-order valence-electron chi connectivity index (χ2n) is 4.25. The molecule has 5 heteroatoms. The number of rotatable bonds is 9. The van der Waals surface area contributed by atoms with Gasteiger partial charge >= 0.3 is 0 Å². The van der Waals surface area contributed by atoms with E-state index in [9.17, 15) is 0 Å². The van der Waals surface area contributed by atoms with E-state index in [4.69, 9.17) is 9.47 Å². The number of ether oxygens (including phenoxy) is 2. The fourth-order valence-corrected chi connectivity index (χ4v) is 2.01. The third-order valence-corrected chi connectivity index (χ3v) is 2.84. The molecule has 1 atom stereocenters. The molecular weight excluding hydrogens is 230 g/mol. The number of hydrogen-bond donors (Lipinski definition) is 1. The Morgan fingerprint density at radius 3 is 2.56 bits per heavy atom. The van der Waals surface area contributed by atoms with Crippen LogP contribution in [0.1, 0.15) is 38.6 Å². The summed E-state index contributed by atoms with van der Waals surface area (Å²) in [6.45, 7) is 6.16. The lowest BCUT2D eigenvalue weighted by Gasteiger charge is -2.26. The molecule has 0 bridgehead atoms. The number of nitrogens with zero attached hydrogens (tertiary/aromatic N) is 2. The summed E-state index contributed by atoms with van der Waals surface area (Å²) in [6.07, 6.45) is 5.64. The van der Waals surface area contributed by atoms with E-state index in [1.54, 1.807) is 14.2 Å². The van der Waals surface area contributed by atoms with Crippen molar-refractivity contribution in [2.24, 2.45) is 0 Å². The van der Waals surface area contributed by atoms with E-state index in [0.29, 0.717) is 0 Å². The van der Waals surface area contributed by atoms with Crippen molar-refractivity contribution in [1.29, 1.82) is 0 Å². The predicted molar refractivity (Wildman–Crippen MR) is 71.4 cm³/mol. The minimum Gasteiger partial charge on any atom is -0.354 e. The normalized spacial score (nSPS) is 13.2. The Labute approximate surface area is 109 Å². The van der Waals surface area contributed by atoms with E-state index in [1.807, 2.05) is 12.4 Å². The number of imidazole rings is 1. The Bertz CT molecular complexity index is 324. The molecule has 18 heavy (non-hydrogen) atoms. The van der Waals surface area contributed by atoms with Gasteiger partial charge in [0, 0.05) is 33.2 Å². The SMILES string of the molecule is CCCNC(c1nccn1CCC)C(OC)OC. The van der Waals surface area contributed by atoms with Gasteiger partial charge in [-0.3, -0.25) is 0 Å². The highest BCUT2D eigenvalue weighted by molar-refractivity contribution is 5.01. The van der Waals surface area contributed by atoms with Crippen molar-refractivity contribution in [1.82, 2.24) is 14.9 Å². The van der Waals surface area contributed by atoms with Gasteiger partial charge in [-0.25, -0.2) is 4.98 Å². The van der Waals surface area contributed by atoms with Crippen LogP contribution in [0.2, 0.25) is 0 Å². The van der Waals surface area contributed by atoms with Crippen molar-refractivity contribution in [3.8, 4) is 0 Å². The molecule has 1 aromatic heterocycles. The smallest absolute Gasteiger partial charge is 0.179 e. The monoisotopic (exact) mass is 255 g/mol. The minimum absolute atomic E-state index is 0.0403. The van der Waals surface area contributed by atoms with Gasteiger partial charge in [0.15, 0.2) is 6.29 Å². The number of methoxy groups -OCH3 is 2. The molecule has 0 aliphatic rings. The molecule has 0 aromatic carbocycles. The van der Waals surface area contributed by atoms with Crippen LogP contribution in [0.3, 0.4) is 0 Å². The summed E-state index contributed by atoms with van der Waals surface area (Å²) in [7, 11) is 3.31. The number of aromatic nitrogens is 2. The summed E-state index contributed by atoms with van der Waals surface area (Å²) in [5.41, 5.74) is 0. The predicted octanol–water partition coefficient (Wildman–Crippen LogP) is 1.95. The molecule has 1 heterocycles. The number of nitrogens with one attached hydrogen (secondary N) is 1. The van der Waals surface area contributed by atoms with E-state index in [1.165, 1.54) is 0 Å². The molecule has 0 aliphatic heterocycles. The molecule has 1 N–H and O–H groups in total. The van der Waals surface area contributed by atoms with Crippen molar-refractivity contribution >= 4 is 0 Å². The van der Waals surface area contributed by atoms with Crippen molar-refractivity contribution < 1.29 is 9.47 Å². The summed E-state index contributed by atoms with van der Waals surface area (Å²) < 4.78 is 12.9. The molecule has 0 saturated carbocycles. The number of hydrogen-bond acceptors (Lipinski definition) is 4. The fourth-order valence-electron chi connectivity index (χ4n) is 2.01. The van der Waals surface area contributed by atoms with E-state index in [0.717, 1.165) is 31.8 Å². The minimum atomic E-state index is -0.324. The zero-order valence-electron chi connectivity index (χ0n) is 11.8. The maximum atomic E-state index is 5.38. The lowest BCUT2D eigenvalue weighted by atomic mass is 10.2. The zero-order chi connectivity index (χ0) is 13.4. The lowest BCUT2D eigenvalue weighted by Crippen LogP contribution is -2.37. The Hall–Kier alpha value is -0.910. The Kier molecular flexibility index (Phi) is 6.93. The second kappa shape index (κ2) is 8.24. The van der Waals surface area contributed by atoms with Crippen LogP contribution >= 0.6 is 0 Å². The Balaban J connectivity index is 2.89. The van der Waals surface area contributed by atoms with Gasteiger partial charge in [0.05, 0.1) is 0 Å². The van der Waals surface area contributed by atoms with Crippen molar-refractivity contribution in [2.75, 3.05) is 20.8 Å². The molecule has 0 radical (unpaired) electrons. The van der Waals surface area contributed by atoms with Crippen LogP contribution in [-0.4, -0.2) is 36.6 Å². The highest BCUT2D eigenvalue weighted by Gasteiger charge is 2.26. The van der Waals surface area contributed by atoms with Crippen LogP contribution in [0.15, 0.2) is 12.4 Å². The third kappa shape index (κ3) is 3.80. The third-order valence-electron chi connectivity index (χ3n) is 2.84. The van der Waals surface area contributed by atoms with Crippen molar-refractivity contribution in [2.45, 2.75) is 45.6 Å². The summed E-state index contributed by atoms with van der Waals surface area (Å²) in [5.74, 6) is 0.971. The van der Waals surface area contributed by atoms with Gasteiger partial charge in [0.25, 0.3) is 0 Å². The van der Waals surface area contributed by atoms with Crippen LogP contribution in [0.4, 0.5) is 0 Å². The van der Waals surface area contributed by atoms with Crippen molar-refractivity contribution in [3.05, 3.63) is 18.2 Å². The Morgan fingerprint density at radius 2 is 2.00 bits per heavy atom. The molecule has 5 nitrogen and oxygen atoms in total. The maximum Gasteiger partial charge on any atom is 0.179 e. The van der Waals surface area contributed by atoms with Gasteiger partial charge in [-0.1, -0.05) is 13.8 Å². The van der Waals surface area contributed by atoms with E-state index >= 15 is 0 Å². The highest BCUT2D eigenvalue weighted by atomic mass is 16.7. The number of aryl methyl sites for hydroxylation is 1. The highest BCUT2D eigenvalue weighted by Crippen LogP contribution is 2.18. The first-order valence-corrected chi connectivity index (χ1v) is 6.58. The van der Waals surface area contributed by atoms with Crippen LogP contribution in [-0.2, 0) is 16.0 Å². The standard InChI is InChI=1S/C13H25N3O2/c1-5-7-14-11(13(17-3)18-4)12-15-8-10-16(12)9-6-2/h8,10-11,13-14H,5-7,9H2,1-4H3. The zero-order valence-corrected chi connectivity index (χ0v) is 11.8. The molecule has 1 aromatic rings. The molecule has 1 rings (SSSR count). The van der Waals surface area contributed by atoms with E-state index in [-0.39, 0.29) is 12.3 Å². The molecule has 1 unspecified atom stereocenters. The van der Waals surface area contributed by atoms with Gasteiger partial charge < -0.3 is 19.4 Å². The van der Waals surface area contributed by atoms with Gasteiger partial charge in [0.2, 0.25) is 0 Å². The van der Waals surface area contributed by atoms with Gasteiger partial charge in [0.1, 0.15) is 11.9 Å². The molecule has 0 amide bonds. The fraction of sp³-hybridized carbons (Fsp3) is 0.769. The summed E-state index contributed by atoms with van der Waals surface area (Å²) >= 11 is 0. The van der Waals surface area contributed by atoms with E-state index < -0.39 is 0 Å². The summed E-state index contributed by atoms with van der Waals surface area (Å²) in [5, 5.41) is 3.44. The molecule has 0 saturated heterocycles.